The molecule has 0 spiro atoms. The van der Waals surface area contributed by atoms with Gasteiger partial charge in [0, 0.05) is 42.7 Å². The summed E-state index contributed by atoms with van der Waals surface area (Å²) in [6, 6.07) is 12.4. The van der Waals surface area contributed by atoms with Crippen molar-refractivity contribution in [1.29, 1.82) is 0 Å². The van der Waals surface area contributed by atoms with Gasteiger partial charge in [-0.05, 0) is 57.0 Å². The van der Waals surface area contributed by atoms with Gasteiger partial charge in [0.2, 0.25) is 5.91 Å². The fourth-order valence-electron chi connectivity index (χ4n) is 2.95. The maximum atomic E-state index is 12.1. The summed E-state index contributed by atoms with van der Waals surface area (Å²) in [6.45, 7) is 5.91. The molecule has 0 atom stereocenters. The largest absolute Gasteiger partial charge is 0.457 e. The quantitative estimate of drug-likeness (QED) is 0.688. The number of hydrogen-bond acceptors (Lipinski definition) is 4. The van der Waals surface area contributed by atoms with E-state index in [2.05, 4.69) is 5.32 Å². The van der Waals surface area contributed by atoms with Crippen LogP contribution < -0.4 is 10.1 Å². The molecule has 0 saturated heterocycles. The van der Waals surface area contributed by atoms with Crippen molar-refractivity contribution in [2.75, 3.05) is 6.54 Å². The van der Waals surface area contributed by atoms with Crippen LogP contribution in [0.5, 0.6) is 11.5 Å². The van der Waals surface area contributed by atoms with Gasteiger partial charge in [-0.3, -0.25) is 14.4 Å². The number of amides is 2. The zero-order valence-corrected chi connectivity index (χ0v) is 17.0. The van der Waals surface area contributed by atoms with E-state index in [1.54, 1.807) is 41.3 Å². The standard InChI is InChI=1S/C23H26N2O4/c1-4-25(16(3)27)14-19-6-5-18(15(2)26)13-22(19)29-21-11-7-17(8-12-21)23(28)24-20-9-10-20/h5-8,11-13,20H,4,9-10,14H2,1-3H3,(H,24,28). The summed E-state index contributed by atoms with van der Waals surface area (Å²) >= 11 is 0. The maximum Gasteiger partial charge on any atom is 0.251 e. The first kappa shape index (κ1) is 20.6. The van der Waals surface area contributed by atoms with Gasteiger partial charge in [-0.2, -0.15) is 0 Å². The first-order valence-electron chi connectivity index (χ1n) is 9.85. The highest BCUT2D eigenvalue weighted by Gasteiger charge is 2.23. The van der Waals surface area contributed by atoms with Gasteiger partial charge >= 0.3 is 0 Å². The summed E-state index contributed by atoms with van der Waals surface area (Å²) in [4.78, 5) is 37.4. The molecule has 29 heavy (non-hydrogen) atoms. The van der Waals surface area contributed by atoms with E-state index in [0.29, 0.717) is 41.8 Å². The predicted molar refractivity (Wildman–Crippen MR) is 110 cm³/mol. The molecule has 0 aliphatic heterocycles. The summed E-state index contributed by atoms with van der Waals surface area (Å²) in [5, 5.41) is 2.95. The van der Waals surface area contributed by atoms with Gasteiger partial charge in [0.1, 0.15) is 11.5 Å². The lowest BCUT2D eigenvalue weighted by atomic mass is 10.1. The van der Waals surface area contributed by atoms with Crippen molar-refractivity contribution in [3.8, 4) is 11.5 Å². The Kier molecular flexibility index (Phi) is 6.32. The van der Waals surface area contributed by atoms with E-state index in [4.69, 9.17) is 4.74 Å². The molecule has 1 fully saturated rings. The third-order valence-electron chi connectivity index (χ3n) is 4.92. The van der Waals surface area contributed by atoms with Gasteiger partial charge in [0.05, 0.1) is 0 Å². The Balaban J connectivity index is 1.81. The third-order valence-corrected chi connectivity index (χ3v) is 4.92. The summed E-state index contributed by atoms with van der Waals surface area (Å²) in [5.41, 5.74) is 1.92. The Hall–Kier alpha value is -3.15. The van der Waals surface area contributed by atoms with E-state index >= 15 is 0 Å². The molecule has 2 aromatic rings. The second-order valence-electron chi connectivity index (χ2n) is 7.29. The van der Waals surface area contributed by atoms with E-state index in [1.165, 1.54) is 13.8 Å². The molecule has 152 valence electrons. The molecule has 1 aliphatic rings. The highest BCUT2D eigenvalue weighted by Crippen LogP contribution is 2.29. The number of ketones is 1. The fourth-order valence-corrected chi connectivity index (χ4v) is 2.95. The molecule has 2 amide bonds. The molecule has 0 radical (unpaired) electrons. The van der Waals surface area contributed by atoms with Crippen LogP contribution in [0.4, 0.5) is 0 Å². The van der Waals surface area contributed by atoms with E-state index in [0.717, 1.165) is 18.4 Å². The van der Waals surface area contributed by atoms with Crippen molar-refractivity contribution in [1.82, 2.24) is 10.2 Å². The lowest BCUT2D eigenvalue weighted by molar-refractivity contribution is -0.129. The summed E-state index contributed by atoms with van der Waals surface area (Å²) in [7, 11) is 0. The van der Waals surface area contributed by atoms with Crippen molar-refractivity contribution >= 4 is 17.6 Å². The molecule has 0 bridgehead atoms. The normalized spacial score (nSPS) is 12.9. The molecular formula is C23H26N2O4. The molecule has 1 N–H and O–H groups in total. The number of carbonyl (C=O) groups is 3. The van der Waals surface area contributed by atoms with Gasteiger partial charge in [-0.25, -0.2) is 0 Å². The summed E-state index contributed by atoms with van der Waals surface area (Å²) in [6.07, 6.45) is 2.08. The molecule has 6 heteroatoms. The zero-order valence-electron chi connectivity index (χ0n) is 17.0. The van der Waals surface area contributed by atoms with Crippen molar-refractivity contribution in [2.45, 2.75) is 46.2 Å². The van der Waals surface area contributed by atoms with Crippen molar-refractivity contribution in [3.63, 3.8) is 0 Å². The van der Waals surface area contributed by atoms with Crippen LogP contribution in [0, 0.1) is 0 Å². The molecule has 0 heterocycles. The smallest absolute Gasteiger partial charge is 0.251 e. The predicted octanol–water partition coefficient (Wildman–Crippen LogP) is 3.94. The van der Waals surface area contributed by atoms with Crippen molar-refractivity contribution < 1.29 is 19.1 Å². The van der Waals surface area contributed by atoms with Crippen molar-refractivity contribution in [3.05, 3.63) is 59.2 Å². The number of ether oxygens (including phenoxy) is 1. The molecule has 0 unspecified atom stereocenters. The van der Waals surface area contributed by atoms with Crippen LogP contribution in [-0.2, 0) is 11.3 Å². The monoisotopic (exact) mass is 394 g/mol. The van der Waals surface area contributed by atoms with E-state index < -0.39 is 0 Å². The Morgan fingerprint density at radius 2 is 1.69 bits per heavy atom. The lowest BCUT2D eigenvalue weighted by Crippen LogP contribution is -2.27. The van der Waals surface area contributed by atoms with E-state index in [-0.39, 0.29) is 17.6 Å². The fraction of sp³-hybridized carbons (Fsp3) is 0.348. The highest BCUT2D eigenvalue weighted by molar-refractivity contribution is 5.95. The first-order chi connectivity index (χ1) is 13.9. The SMILES string of the molecule is CCN(Cc1ccc(C(C)=O)cc1Oc1ccc(C(=O)NC2CC2)cc1)C(C)=O. The number of Topliss-reactive ketones (excluding diaryl/α,β-unsaturated/α-hetero) is 1. The van der Waals surface area contributed by atoms with Gasteiger partial charge < -0.3 is 15.0 Å². The van der Waals surface area contributed by atoms with E-state index in [1.807, 2.05) is 13.0 Å². The van der Waals surface area contributed by atoms with Gasteiger partial charge in [0.25, 0.3) is 5.91 Å². The van der Waals surface area contributed by atoms with Crippen LogP contribution in [0.15, 0.2) is 42.5 Å². The van der Waals surface area contributed by atoms with Gasteiger partial charge in [-0.15, -0.1) is 0 Å². The molecule has 3 rings (SSSR count). The Morgan fingerprint density at radius 3 is 2.24 bits per heavy atom. The van der Waals surface area contributed by atoms with E-state index in [9.17, 15) is 14.4 Å². The van der Waals surface area contributed by atoms with Crippen LogP contribution in [0.1, 0.15) is 59.9 Å². The number of nitrogens with one attached hydrogen (secondary N) is 1. The maximum absolute atomic E-state index is 12.1. The molecule has 1 aliphatic carbocycles. The summed E-state index contributed by atoms with van der Waals surface area (Å²) < 4.78 is 6.03. The van der Waals surface area contributed by atoms with Gasteiger partial charge in [-0.1, -0.05) is 12.1 Å². The van der Waals surface area contributed by atoms with Crippen LogP contribution in [0.25, 0.3) is 0 Å². The summed E-state index contributed by atoms with van der Waals surface area (Å²) in [5.74, 6) is 0.902. The molecule has 6 nitrogen and oxygen atoms in total. The minimum absolute atomic E-state index is 0.0277. The Morgan fingerprint density at radius 1 is 1.03 bits per heavy atom. The van der Waals surface area contributed by atoms with Crippen LogP contribution >= 0.6 is 0 Å². The Bertz CT molecular complexity index is 917. The number of nitrogens with zero attached hydrogens (tertiary/aromatic N) is 1. The minimum Gasteiger partial charge on any atom is -0.457 e. The number of benzene rings is 2. The number of carbonyl (C=O) groups excluding carboxylic acids is 3. The zero-order chi connectivity index (χ0) is 21.0. The number of rotatable bonds is 8. The average molecular weight is 394 g/mol. The van der Waals surface area contributed by atoms with Crippen LogP contribution in [0.2, 0.25) is 0 Å². The molecular weight excluding hydrogens is 368 g/mol. The third kappa shape index (κ3) is 5.44. The van der Waals surface area contributed by atoms with Crippen LogP contribution in [0.3, 0.4) is 0 Å². The molecule has 0 aromatic heterocycles. The second kappa shape index (κ2) is 8.90. The van der Waals surface area contributed by atoms with Crippen LogP contribution in [-0.4, -0.2) is 35.1 Å². The Labute approximate surface area is 170 Å². The number of hydrogen-bond donors (Lipinski definition) is 1. The average Bonchev–Trinajstić information content (AvgIpc) is 3.51. The minimum atomic E-state index is -0.0849. The lowest BCUT2D eigenvalue weighted by Gasteiger charge is -2.21. The first-order valence-corrected chi connectivity index (χ1v) is 9.85. The topological polar surface area (TPSA) is 75.7 Å². The van der Waals surface area contributed by atoms with Gasteiger partial charge in [0.15, 0.2) is 5.78 Å². The second-order valence-corrected chi connectivity index (χ2v) is 7.29. The van der Waals surface area contributed by atoms with Crippen molar-refractivity contribution in [2.24, 2.45) is 0 Å². The molecule has 1 saturated carbocycles. The highest BCUT2D eigenvalue weighted by atomic mass is 16.5. The molecule has 2 aromatic carbocycles.